The average Bonchev–Trinajstić information content (AvgIpc) is 2.72. The van der Waals surface area contributed by atoms with Crippen LogP contribution in [0, 0.1) is 6.92 Å². The Morgan fingerprint density at radius 1 is 1.39 bits per heavy atom. The van der Waals surface area contributed by atoms with Gasteiger partial charge in [0.2, 0.25) is 0 Å². The van der Waals surface area contributed by atoms with Gasteiger partial charge in [0.25, 0.3) is 0 Å². The van der Waals surface area contributed by atoms with E-state index in [0.29, 0.717) is 10.0 Å². The normalized spacial score (nSPS) is 12.7. The summed E-state index contributed by atoms with van der Waals surface area (Å²) in [7, 11) is 0. The molecule has 0 saturated carbocycles. The molecule has 1 aromatic heterocycles. The number of rotatable bonds is 4. The van der Waals surface area contributed by atoms with Crippen molar-refractivity contribution in [1.29, 1.82) is 0 Å². The van der Waals surface area contributed by atoms with Crippen molar-refractivity contribution in [2.24, 2.45) is 0 Å². The van der Waals surface area contributed by atoms with E-state index < -0.39 is 0 Å². The van der Waals surface area contributed by atoms with Crippen LogP contribution in [0.1, 0.15) is 29.1 Å². The number of hydrogen-bond acceptors (Lipinski definition) is 3. The van der Waals surface area contributed by atoms with Gasteiger partial charge in [0, 0.05) is 27.5 Å². The first kappa shape index (κ1) is 13.8. The van der Waals surface area contributed by atoms with Crippen LogP contribution < -0.4 is 5.32 Å². The summed E-state index contributed by atoms with van der Waals surface area (Å²) in [5.41, 5.74) is 4.01. The molecule has 0 amide bonds. The van der Waals surface area contributed by atoms with Gasteiger partial charge in [0.05, 0.1) is 11.2 Å². The zero-order valence-corrected chi connectivity index (χ0v) is 12.5. The molecule has 5 heteroatoms. The summed E-state index contributed by atoms with van der Waals surface area (Å²) in [5, 5.41) is 4.80. The fourth-order valence-corrected chi connectivity index (χ4v) is 3.00. The first-order valence-corrected chi connectivity index (χ1v) is 7.29. The largest absolute Gasteiger partial charge is 0.305 e. The molecular formula is C13H14Cl2N2S. The maximum absolute atomic E-state index is 6.18. The van der Waals surface area contributed by atoms with Crippen LogP contribution in [0.3, 0.4) is 0 Å². The lowest BCUT2D eigenvalue weighted by Gasteiger charge is -2.15. The molecule has 1 heterocycles. The third-order valence-corrected chi connectivity index (χ3v) is 4.34. The minimum absolute atomic E-state index is 0.177. The molecule has 0 radical (unpaired) electrons. The third-order valence-electron chi connectivity index (χ3n) is 2.84. The first-order chi connectivity index (χ1) is 8.58. The minimum Gasteiger partial charge on any atom is -0.305 e. The van der Waals surface area contributed by atoms with E-state index >= 15 is 0 Å². The fraction of sp³-hybridized carbons (Fsp3) is 0.308. The Bertz CT molecular complexity index is 540. The molecule has 0 aliphatic carbocycles. The lowest BCUT2D eigenvalue weighted by molar-refractivity contribution is 0.577. The number of aryl methyl sites for hydroxylation is 1. The standard InChI is InChI=1S/C13H14Cl2N2S/c1-8(11-4-3-10(14)5-12(11)15)16-6-13-9(2)17-7-18-13/h3-5,7-8,16H,6H2,1-2H3. The summed E-state index contributed by atoms with van der Waals surface area (Å²) >= 11 is 13.7. The summed E-state index contributed by atoms with van der Waals surface area (Å²) in [5.74, 6) is 0. The molecule has 0 spiro atoms. The van der Waals surface area contributed by atoms with Crippen LogP contribution in [-0.2, 0) is 6.54 Å². The molecular weight excluding hydrogens is 287 g/mol. The zero-order valence-electron chi connectivity index (χ0n) is 10.2. The second-order valence-electron chi connectivity index (χ2n) is 4.13. The van der Waals surface area contributed by atoms with E-state index in [2.05, 4.69) is 17.2 Å². The molecule has 0 saturated heterocycles. The van der Waals surface area contributed by atoms with Crippen molar-refractivity contribution in [2.45, 2.75) is 26.4 Å². The molecule has 1 unspecified atom stereocenters. The Morgan fingerprint density at radius 3 is 2.78 bits per heavy atom. The molecule has 18 heavy (non-hydrogen) atoms. The van der Waals surface area contributed by atoms with Crippen molar-refractivity contribution < 1.29 is 0 Å². The summed E-state index contributed by atoms with van der Waals surface area (Å²) < 4.78 is 0. The predicted octanol–water partition coefficient (Wildman–Crippen LogP) is 4.61. The summed E-state index contributed by atoms with van der Waals surface area (Å²) in [4.78, 5) is 5.49. The average molecular weight is 301 g/mol. The molecule has 2 aromatic rings. The monoisotopic (exact) mass is 300 g/mol. The van der Waals surface area contributed by atoms with E-state index in [4.69, 9.17) is 23.2 Å². The lowest BCUT2D eigenvalue weighted by atomic mass is 10.1. The minimum atomic E-state index is 0.177. The fourth-order valence-electron chi connectivity index (χ4n) is 1.70. The van der Waals surface area contributed by atoms with E-state index in [1.165, 1.54) is 4.88 Å². The number of nitrogens with zero attached hydrogens (tertiary/aromatic N) is 1. The Balaban J connectivity index is 2.03. The number of halogens is 2. The third kappa shape index (κ3) is 3.23. The number of hydrogen-bond donors (Lipinski definition) is 1. The van der Waals surface area contributed by atoms with Gasteiger partial charge in [-0.05, 0) is 31.5 Å². The molecule has 96 valence electrons. The lowest BCUT2D eigenvalue weighted by Crippen LogP contribution is -2.18. The summed E-state index contributed by atoms with van der Waals surface area (Å²) in [6.07, 6.45) is 0. The predicted molar refractivity (Wildman–Crippen MR) is 78.6 cm³/mol. The highest BCUT2D eigenvalue weighted by molar-refractivity contribution is 7.09. The molecule has 1 aromatic carbocycles. The maximum atomic E-state index is 6.18. The van der Waals surface area contributed by atoms with Crippen molar-refractivity contribution in [3.05, 3.63) is 49.9 Å². The van der Waals surface area contributed by atoms with Crippen LogP contribution in [0.4, 0.5) is 0 Å². The topological polar surface area (TPSA) is 24.9 Å². The number of nitrogens with one attached hydrogen (secondary N) is 1. The molecule has 0 bridgehead atoms. The Hall–Kier alpha value is -0.610. The van der Waals surface area contributed by atoms with Gasteiger partial charge in [-0.2, -0.15) is 0 Å². The zero-order chi connectivity index (χ0) is 13.1. The van der Waals surface area contributed by atoms with Crippen LogP contribution in [0.5, 0.6) is 0 Å². The van der Waals surface area contributed by atoms with Gasteiger partial charge < -0.3 is 5.32 Å². The van der Waals surface area contributed by atoms with Crippen molar-refractivity contribution >= 4 is 34.5 Å². The molecule has 0 fully saturated rings. The van der Waals surface area contributed by atoms with Crippen LogP contribution in [0.2, 0.25) is 10.0 Å². The van der Waals surface area contributed by atoms with Gasteiger partial charge in [-0.15, -0.1) is 11.3 Å². The van der Waals surface area contributed by atoms with Crippen molar-refractivity contribution in [2.75, 3.05) is 0 Å². The van der Waals surface area contributed by atoms with E-state index in [1.807, 2.05) is 24.6 Å². The van der Waals surface area contributed by atoms with E-state index in [9.17, 15) is 0 Å². The van der Waals surface area contributed by atoms with Crippen LogP contribution >= 0.6 is 34.5 Å². The van der Waals surface area contributed by atoms with Gasteiger partial charge in [0.1, 0.15) is 0 Å². The van der Waals surface area contributed by atoms with E-state index in [0.717, 1.165) is 17.8 Å². The highest BCUT2D eigenvalue weighted by Gasteiger charge is 2.10. The molecule has 2 rings (SSSR count). The van der Waals surface area contributed by atoms with Gasteiger partial charge >= 0.3 is 0 Å². The first-order valence-electron chi connectivity index (χ1n) is 5.65. The van der Waals surface area contributed by atoms with Crippen LogP contribution in [0.25, 0.3) is 0 Å². The van der Waals surface area contributed by atoms with Crippen LogP contribution in [-0.4, -0.2) is 4.98 Å². The van der Waals surface area contributed by atoms with Gasteiger partial charge in [-0.3, -0.25) is 0 Å². The Morgan fingerprint density at radius 2 is 2.17 bits per heavy atom. The molecule has 1 atom stereocenters. The quantitative estimate of drug-likeness (QED) is 0.892. The summed E-state index contributed by atoms with van der Waals surface area (Å²) in [6.45, 7) is 4.91. The molecule has 1 N–H and O–H groups in total. The maximum Gasteiger partial charge on any atom is 0.0798 e. The molecule has 0 aliphatic heterocycles. The van der Waals surface area contributed by atoms with E-state index in [-0.39, 0.29) is 6.04 Å². The SMILES string of the molecule is Cc1ncsc1CNC(C)c1ccc(Cl)cc1Cl. The molecule has 2 nitrogen and oxygen atoms in total. The number of aromatic nitrogens is 1. The highest BCUT2D eigenvalue weighted by atomic mass is 35.5. The molecule has 0 aliphatic rings. The smallest absolute Gasteiger partial charge is 0.0798 e. The number of thiazole rings is 1. The van der Waals surface area contributed by atoms with Crippen molar-refractivity contribution in [3.63, 3.8) is 0 Å². The van der Waals surface area contributed by atoms with E-state index in [1.54, 1.807) is 17.4 Å². The van der Waals surface area contributed by atoms with Crippen molar-refractivity contribution in [3.8, 4) is 0 Å². The van der Waals surface area contributed by atoms with Crippen molar-refractivity contribution in [1.82, 2.24) is 10.3 Å². The van der Waals surface area contributed by atoms with Gasteiger partial charge in [-0.1, -0.05) is 29.3 Å². The highest BCUT2D eigenvalue weighted by Crippen LogP contribution is 2.26. The summed E-state index contributed by atoms with van der Waals surface area (Å²) in [6, 6.07) is 5.77. The number of benzene rings is 1. The second-order valence-corrected chi connectivity index (χ2v) is 5.91. The Kier molecular flexibility index (Phi) is 4.62. The second kappa shape index (κ2) is 6.02. The Labute approximate surface area is 121 Å². The van der Waals surface area contributed by atoms with Crippen LogP contribution in [0.15, 0.2) is 23.7 Å². The van der Waals surface area contributed by atoms with Gasteiger partial charge in [-0.25, -0.2) is 4.98 Å². The van der Waals surface area contributed by atoms with Gasteiger partial charge in [0.15, 0.2) is 0 Å².